The van der Waals surface area contributed by atoms with Gasteiger partial charge in [-0.25, -0.2) is 0 Å². The van der Waals surface area contributed by atoms with Crippen molar-refractivity contribution in [3.8, 4) is 0 Å². The van der Waals surface area contributed by atoms with Crippen LogP contribution in [0.2, 0.25) is 0 Å². The molecule has 1 aromatic heterocycles. The summed E-state index contributed by atoms with van der Waals surface area (Å²) in [5.74, 6) is -0.919. The lowest BCUT2D eigenvalue weighted by Crippen LogP contribution is -2.08. The maximum Gasteiger partial charge on any atom is 0.307 e. The molecule has 0 spiro atoms. The highest BCUT2D eigenvalue weighted by molar-refractivity contribution is 5.92. The molecule has 0 unspecified atom stereocenters. The Labute approximate surface area is 114 Å². The molecule has 0 bridgehead atoms. The standard InChI is InChI=1S/C16H12O4/c1-9-10(8-14(17)18)6-7-13-15(9)16(19)11-4-2-3-5-12(11)20-13/h2-7H,8H2,1H3,(H,17,18). The minimum Gasteiger partial charge on any atom is -0.481 e. The number of aryl methyl sites for hydroxylation is 1. The number of para-hydroxylation sites is 1. The van der Waals surface area contributed by atoms with Crippen molar-refractivity contribution in [2.45, 2.75) is 13.3 Å². The molecule has 0 aliphatic rings. The summed E-state index contributed by atoms with van der Waals surface area (Å²) in [6.45, 7) is 1.76. The Morgan fingerprint density at radius 2 is 1.90 bits per heavy atom. The predicted molar refractivity (Wildman–Crippen MR) is 76.1 cm³/mol. The third-order valence-corrected chi connectivity index (χ3v) is 3.46. The number of aliphatic carboxylic acids is 1. The Balaban J connectivity index is 2.42. The number of hydrogen-bond donors (Lipinski definition) is 1. The maximum atomic E-state index is 12.5. The van der Waals surface area contributed by atoms with Gasteiger partial charge in [0.15, 0.2) is 0 Å². The molecule has 0 atom stereocenters. The second-order valence-electron chi connectivity index (χ2n) is 4.72. The lowest BCUT2D eigenvalue weighted by atomic mass is 10.00. The Hall–Kier alpha value is -2.62. The van der Waals surface area contributed by atoms with Crippen molar-refractivity contribution < 1.29 is 14.3 Å². The van der Waals surface area contributed by atoms with Crippen molar-refractivity contribution in [2.75, 3.05) is 0 Å². The normalized spacial score (nSPS) is 11.1. The van der Waals surface area contributed by atoms with E-state index in [-0.39, 0.29) is 11.8 Å². The molecule has 3 aromatic rings. The van der Waals surface area contributed by atoms with Gasteiger partial charge in [0.2, 0.25) is 5.43 Å². The summed E-state index contributed by atoms with van der Waals surface area (Å²) in [7, 11) is 0. The van der Waals surface area contributed by atoms with Gasteiger partial charge >= 0.3 is 5.97 Å². The van der Waals surface area contributed by atoms with Gasteiger partial charge in [-0.1, -0.05) is 18.2 Å². The second-order valence-corrected chi connectivity index (χ2v) is 4.72. The van der Waals surface area contributed by atoms with Crippen molar-refractivity contribution in [3.63, 3.8) is 0 Å². The summed E-state index contributed by atoms with van der Waals surface area (Å²) in [4.78, 5) is 23.4. The van der Waals surface area contributed by atoms with E-state index in [4.69, 9.17) is 9.52 Å². The first-order valence-electron chi connectivity index (χ1n) is 6.24. The number of carboxylic acid groups (broad SMARTS) is 1. The van der Waals surface area contributed by atoms with Gasteiger partial charge in [0, 0.05) is 0 Å². The van der Waals surface area contributed by atoms with E-state index in [1.807, 2.05) is 6.07 Å². The molecule has 0 aliphatic carbocycles. The average molecular weight is 268 g/mol. The molecular formula is C16H12O4. The van der Waals surface area contributed by atoms with Crippen LogP contribution in [-0.2, 0) is 11.2 Å². The van der Waals surface area contributed by atoms with E-state index in [0.717, 1.165) is 0 Å². The fraction of sp³-hybridized carbons (Fsp3) is 0.125. The van der Waals surface area contributed by atoms with Crippen LogP contribution in [0, 0.1) is 6.92 Å². The average Bonchev–Trinajstić information content (AvgIpc) is 2.42. The van der Waals surface area contributed by atoms with Crippen LogP contribution in [0.4, 0.5) is 0 Å². The van der Waals surface area contributed by atoms with Crippen LogP contribution in [0.3, 0.4) is 0 Å². The molecule has 0 amide bonds. The van der Waals surface area contributed by atoms with E-state index in [9.17, 15) is 9.59 Å². The number of benzene rings is 2. The van der Waals surface area contributed by atoms with E-state index in [1.165, 1.54) is 0 Å². The van der Waals surface area contributed by atoms with Gasteiger partial charge < -0.3 is 9.52 Å². The molecule has 0 saturated carbocycles. The molecule has 3 rings (SSSR count). The Morgan fingerprint density at radius 1 is 1.15 bits per heavy atom. The number of fused-ring (bicyclic) bond motifs is 2. The molecule has 1 heterocycles. The van der Waals surface area contributed by atoms with Gasteiger partial charge in [0.25, 0.3) is 0 Å². The van der Waals surface area contributed by atoms with Gasteiger partial charge in [-0.2, -0.15) is 0 Å². The van der Waals surface area contributed by atoms with E-state index in [0.29, 0.717) is 33.1 Å². The van der Waals surface area contributed by atoms with Crippen LogP contribution in [0.5, 0.6) is 0 Å². The zero-order valence-corrected chi connectivity index (χ0v) is 10.8. The van der Waals surface area contributed by atoms with Crippen LogP contribution in [0.15, 0.2) is 45.6 Å². The van der Waals surface area contributed by atoms with Gasteiger partial charge in [-0.3, -0.25) is 9.59 Å². The van der Waals surface area contributed by atoms with Crippen molar-refractivity contribution in [1.82, 2.24) is 0 Å². The molecule has 1 N–H and O–H groups in total. The van der Waals surface area contributed by atoms with Crippen LogP contribution in [-0.4, -0.2) is 11.1 Å². The molecule has 20 heavy (non-hydrogen) atoms. The first-order chi connectivity index (χ1) is 9.58. The molecule has 4 heteroatoms. The fourth-order valence-corrected chi connectivity index (χ4v) is 2.45. The maximum absolute atomic E-state index is 12.5. The van der Waals surface area contributed by atoms with E-state index in [1.54, 1.807) is 37.3 Å². The summed E-state index contributed by atoms with van der Waals surface area (Å²) in [5.41, 5.74) is 2.21. The Bertz CT molecular complexity index is 890. The largest absolute Gasteiger partial charge is 0.481 e. The summed E-state index contributed by atoms with van der Waals surface area (Å²) in [6.07, 6.45) is -0.103. The fourth-order valence-electron chi connectivity index (χ4n) is 2.45. The van der Waals surface area contributed by atoms with E-state index < -0.39 is 5.97 Å². The highest BCUT2D eigenvalue weighted by Crippen LogP contribution is 2.23. The van der Waals surface area contributed by atoms with Crippen LogP contribution in [0.25, 0.3) is 21.9 Å². The van der Waals surface area contributed by atoms with Crippen LogP contribution >= 0.6 is 0 Å². The van der Waals surface area contributed by atoms with Gasteiger partial charge in [0.1, 0.15) is 11.2 Å². The number of carboxylic acids is 1. The highest BCUT2D eigenvalue weighted by atomic mass is 16.4. The molecule has 0 radical (unpaired) electrons. The SMILES string of the molecule is Cc1c(CC(=O)O)ccc2oc3ccccc3c(=O)c12. The topological polar surface area (TPSA) is 67.5 Å². The van der Waals surface area contributed by atoms with E-state index >= 15 is 0 Å². The zero-order chi connectivity index (χ0) is 14.3. The summed E-state index contributed by atoms with van der Waals surface area (Å²) >= 11 is 0. The lowest BCUT2D eigenvalue weighted by Gasteiger charge is -2.07. The van der Waals surface area contributed by atoms with Crippen molar-refractivity contribution >= 4 is 27.9 Å². The first-order valence-corrected chi connectivity index (χ1v) is 6.24. The van der Waals surface area contributed by atoms with Crippen molar-refractivity contribution in [2.24, 2.45) is 0 Å². The summed E-state index contributed by atoms with van der Waals surface area (Å²) in [5, 5.41) is 9.87. The molecule has 0 fully saturated rings. The molecule has 0 saturated heterocycles. The minimum absolute atomic E-state index is 0.103. The van der Waals surface area contributed by atoms with Crippen LogP contribution < -0.4 is 5.43 Å². The molecule has 100 valence electrons. The smallest absolute Gasteiger partial charge is 0.307 e. The Morgan fingerprint density at radius 3 is 2.65 bits per heavy atom. The zero-order valence-electron chi connectivity index (χ0n) is 10.8. The van der Waals surface area contributed by atoms with Gasteiger partial charge in [-0.05, 0) is 36.2 Å². The minimum atomic E-state index is -0.919. The summed E-state index contributed by atoms with van der Waals surface area (Å²) < 4.78 is 5.72. The number of hydrogen-bond acceptors (Lipinski definition) is 3. The predicted octanol–water partition coefficient (Wildman–Crippen LogP) is 2.88. The lowest BCUT2D eigenvalue weighted by molar-refractivity contribution is -0.136. The summed E-state index contributed by atoms with van der Waals surface area (Å²) in [6, 6.07) is 10.4. The first kappa shape index (κ1) is 12.4. The Kier molecular flexibility index (Phi) is 2.79. The third-order valence-electron chi connectivity index (χ3n) is 3.46. The third kappa shape index (κ3) is 1.86. The number of carbonyl (C=O) groups is 1. The van der Waals surface area contributed by atoms with Gasteiger partial charge in [-0.15, -0.1) is 0 Å². The van der Waals surface area contributed by atoms with Crippen molar-refractivity contribution in [3.05, 3.63) is 57.7 Å². The van der Waals surface area contributed by atoms with Gasteiger partial charge in [0.05, 0.1) is 17.2 Å². The second kappa shape index (κ2) is 4.49. The van der Waals surface area contributed by atoms with E-state index in [2.05, 4.69) is 0 Å². The van der Waals surface area contributed by atoms with Crippen LogP contribution in [0.1, 0.15) is 11.1 Å². The quantitative estimate of drug-likeness (QED) is 0.726. The number of rotatable bonds is 2. The molecule has 0 aliphatic heterocycles. The molecular weight excluding hydrogens is 256 g/mol. The van der Waals surface area contributed by atoms with Crippen molar-refractivity contribution in [1.29, 1.82) is 0 Å². The monoisotopic (exact) mass is 268 g/mol. The molecule has 4 nitrogen and oxygen atoms in total. The highest BCUT2D eigenvalue weighted by Gasteiger charge is 2.13. The molecule has 2 aromatic carbocycles.